The van der Waals surface area contributed by atoms with Gasteiger partial charge < -0.3 is 0 Å². The molecule has 15 heavy (non-hydrogen) atoms. The number of carbonyl (C=O) groups excluding carboxylic acids is 1. The molecule has 0 aromatic heterocycles. The lowest BCUT2D eigenvalue weighted by atomic mass is 9.71. The molecule has 0 saturated carbocycles. The van der Waals surface area contributed by atoms with Crippen LogP contribution in [0.2, 0.25) is 0 Å². The zero-order valence-electron chi connectivity index (χ0n) is 8.65. The minimum absolute atomic E-state index is 0.285. The lowest BCUT2D eigenvalue weighted by Crippen LogP contribution is -2.24. The Hall–Kier alpha value is -1.37. The summed E-state index contributed by atoms with van der Waals surface area (Å²) in [5, 5.41) is 0. The van der Waals surface area contributed by atoms with E-state index >= 15 is 0 Å². The lowest BCUT2D eigenvalue weighted by Gasteiger charge is -2.33. The Morgan fingerprint density at radius 1 is 1.20 bits per heavy atom. The molecule has 1 aromatic rings. The lowest BCUT2D eigenvalue weighted by molar-refractivity contribution is -0.115. The predicted octanol–water partition coefficient (Wildman–Crippen LogP) is 2.86. The average Bonchev–Trinajstić information content (AvgIpc) is 2.29. The zero-order chi connectivity index (χ0) is 10.3. The maximum Gasteiger partial charge on any atom is 0.156 e. The Labute approximate surface area is 89.8 Å². The highest BCUT2D eigenvalue weighted by Crippen LogP contribution is 2.41. The number of fused-ring (bicyclic) bond motifs is 3. The second-order valence-electron chi connectivity index (χ2n) is 4.54. The summed E-state index contributed by atoms with van der Waals surface area (Å²) in [5.74, 6) is 1.33. The van der Waals surface area contributed by atoms with Gasteiger partial charge in [-0.15, -0.1) is 0 Å². The van der Waals surface area contributed by atoms with Gasteiger partial charge in [0, 0.05) is 6.42 Å². The van der Waals surface area contributed by atoms with Crippen molar-refractivity contribution in [1.29, 1.82) is 0 Å². The summed E-state index contributed by atoms with van der Waals surface area (Å²) in [6.07, 6.45) is 6.96. The van der Waals surface area contributed by atoms with Crippen molar-refractivity contribution in [3.8, 4) is 0 Å². The summed E-state index contributed by atoms with van der Waals surface area (Å²) in [7, 11) is 0. The van der Waals surface area contributed by atoms with Gasteiger partial charge in [-0.05, 0) is 41.9 Å². The first kappa shape index (κ1) is 8.90. The molecule has 0 heterocycles. The van der Waals surface area contributed by atoms with Crippen molar-refractivity contribution in [2.24, 2.45) is 5.92 Å². The van der Waals surface area contributed by atoms with E-state index < -0.39 is 0 Å². The van der Waals surface area contributed by atoms with Crippen molar-refractivity contribution >= 4 is 5.78 Å². The molecule has 1 nitrogen and oxygen atoms in total. The van der Waals surface area contributed by atoms with Crippen LogP contribution in [-0.2, 0) is 11.2 Å². The van der Waals surface area contributed by atoms with Crippen molar-refractivity contribution in [2.45, 2.75) is 25.2 Å². The molecule has 2 aliphatic carbocycles. The van der Waals surface area contributed by atoms with Crippen molar-refractivity contribution in [2.75, 3.05) is 0 Å². The van der Waals surface area contributed by atoms with E-state index in [2.05, 4.69) is 30.3 Å². The van der Waals surface area contributed by atoms with E-state index in [4.69, 9.17) is 0 Å². The van der Waals surface area contributed by atoms with Gasteiger partial charge in [0.25, 0.3) is 0 Å². The Kier molecular flexibility index (Phi) is 1.98. The molecule has 0 unspecified atom stereocenters. The van der Waals surface area contributed by atoms with E-state index in [-0.39, 0.29) is 5.78 Å². The second-order valence-corrected chi connectivity index (χ2v) is 4.54. The Balaban J connectivity index is 2.06. The van der Waals surface area contributed by atoms with Gasteiger partial charge in [-0.2, -0.15) is 0 Å². The highest BCUT2D eigenvalue weighted by molar-refractivity contribution is 5.91. The van der Waals surface area contributed by atoms with Gasteiger partial charge >= 0.3 is 0 Å². The van der Waals surface area contributed by atoms with E-state index in [9.17, 15) is 4.79 Å². The van der Waals surface area contributed by atoms with Crippen LogP contribution in [0.25, 0.3) is 0 Å². The predicted molar refractivity (Wildman–Crippen MR) is 59.8 cm³/mol. The summed E-state index contributed by atoms with van der Waals surface area (Å²) in [5.41, 5.74) is 2.85. The maximum absolute atomic E-state index is 11.4. The van der Waals surface area contributed by atoms with E-state index in [0.29, 0.717) is 18.3 Å². The number of ketones is 1. The minimum Gasteiger partial charge on any atom is -0.295 e. The first-order valence-electron chi connectivity index (χ1n) is 5.63. The largest absolute Gasteiger partial charge is 0.295 e. The molecular weight excluding hydrogens is 184 g/mol. The van der Waals surface area contributed by atoms with Crippen LogP contribution >= 0.6 is 0 Å². The normalized spacial score (nSPS) is 28.4. The Morgan fingerprint density at radius 3 is 3.00 bits per heavy atom. The molecule has 0 radical (unpaired) electrons. The summed E-state index contributed by atoms with van der Waals surface area (Å²) in [6, 6.07) is 8.58. The number of aryl methyl sites for hydroxylation is 1. The molecule has 1 heteroatoms. The minimum atomic E-state index is 0.285. The molecule has 3 rings (SSSR count). The molecule has 0 aliphatic heterocycles. The molecule has 1 aromatic carbocycles. The van der Waals surface area contributed by atoms with Gasteiger partial charge in [-0.25, -0.2) is 0 Å². The van der Waals surface area contributed by atoms with Crippen LogP contribution in [0.15, 0.2) is 36.4 Å². The molecule has 0 N–H and O–H groups in total. The summed E-state index contributed by atoms with van der Waals surface area (Å²) in [6.45, 7) is 0. The molecular formula is C14H14O. The third-order valence-corrected chi connectivity index (χ3v) is 3.67. The molecule has 0 spiro atoms. The molecule has 2 aliphatic rings. The third-order valence-electron chi connectivity index (χ3n) is 3.67. The number of hydrogen-bond donors (Lipinski definition) is 0. The Bertz CT molecular complexity index is 431. The fraction of sp³-hybridized carbons (Fsp3) is 0.357. The number of rotatable bonds is 0. The summed E-state index contributed by atoms with van der Waals surface area (Å²) >= 11 is 0. The topological polar surface area (TPSA) is 17.1 Å². The molecule has 0 fully saturated rings. The van der Waals surface area contributed by atoms with Crippen LogP contribution in [0.3, 0.4) is 0 Å². The monoisotopic (exact) mass is 198 g/mol. The Morgan fingerprint density at radius 2 is 2.07 bits per heavy atom. The molecule has 2 atom stereocenters. The van der Waals surface area contributed by atoms with Gasteiger partial charge in [-0.1, -0.05) is 30.3 Å². The SMILES string of the molecule is O=C1C=C[C@H]2CCc3ccccc3[C@H]2C1. The smallest absolute Gasteiger partial charge is 0.156 e. The van der Waals surface area contributed by atoms with Crippen LogP contribution in [0.5, 0.6) is 0 Å². The zero-order valence-corrected chi connectivity index (χ0v) is 8.65. The van der Waals surface area contributed by atoms with Crippen molar-refractivity contribution < 1.29 is 4.79 Å². The molecule has 0 amide bonds. The van der Waals surface area contributed by atoms with Gasteiger partial charge in [-0.3, -0.25) is 4.79 Å². The van der Waals surface area contributed by atoms with Crippen LogP contribution in [0, 0.1) is 5.92 Å². The number of carbonyl (C=O) groups is 1. The average molecular weight is 198 g/mol. The first-order valence-corrected chi connectivity index (χ1v) is 5.63. The van der Waals surface area contributed by atoms with Crippen molar-refractivity contribution in [3.05, 3.63) is 47.5 Å². The number of allylic oxidation sites excluding steroid dienone is 2. The van der Waals surface area contributed by atoms with E-state index in [1.54, 1.807) is 6.08 Å². The third kappa shape index (κ3) is 1.43. The van der Waals surface area contributed by atoms with Crippen LogP contribution < -0.4 is 0 Å². The molecule has 0 bridgehead atoms. The fourth-order valence-corrected chi connectivity index (χ4v) is 2.88. The van der Waals surface area contributed by atoms with Gasteiger partial charge in [0.05, 0.1) is 0 Å². The van der Waals surface area contributed by atoms with Gasteiger partial charge in [0.1, 0.15) is 0 Å². The summed E-state index contributed by atoms with van der Waals surface area (Å²) < 4.78 is 0. The van der Waals surface area contributed by atoms with Crippen molar-refractivity contribution in [3.63, 3.8) is 0 Å². The highest BCUT2D eigenvalue weighted by atomic mass is 16.1. The van der Waals surface area contributed by atoms with E-state index in [1.165, 1.54) is 17.5 Å². The van der Waals surface area contributed by atoms with Gasteiger partial charge in [0.15, 0.2) is 5.78 Å². The first-order chi connectivity index (χ1) is 7.34. The van der Waals surface area contributed by atoms with Crippen LogP contribution in [0.4, 0.5) is 0 Å². The molecule has 76 valence electrons. The van der Waals surface area contributed by atoms with E-state index in [0.717, 1.165) is 6.42 Å². The number of hydrogen-bond acceptors (Lipinski definition) is 1. The number of benzene rings is 1. The molecule has 0 saturated heterocycles. The quantitative estimate of drug-likeness (QED) is 0.626. The standard InChI is InChI=1S/C14H14O/c15-12-8-7-11-6-5-10-3-1-2-4-13(10)14(11)9-12/h1-4,7-8,11,14H,5-6,9H2/t11-,14+/m1/s1. The van der Waals surface area contributed by atoms with Crippen LogP contribution in [0.1, 0.15) is 29.9 Å². The second kappa shape index (κ2) is 3.34. The fourth-order valence-electron chi connectivity index (χ4n) is 2.88. The van der Waals surface area contributed by atoms with Crippen LogP contribution in [-0.4, -0.2) is 5.78 Å². The summed E-state index contributed by atoms with van der Waals surface area (Å²) in [4.78, 5) is 11.4. The van der Waals surface area contributed by atoms with E-state index in [1.807, 2.05) is 0 Å². The maximum atomic E-state index is 11.4. The highest BCUT2D eigenvalue weighted by Gasteiger charge is 2.31. The van der Waals surface area contributed by atoms with Crippen molar-refractivity contribution in [1.82, 2.24) is 0 Å². The van der Waals surface area contributed by atoms with Gasteiger partial charge in [0.2, 0.25) is 0 Å².